The van der Waals surface area contributed by atoms with Crippen molar-refractivity contribution >= 4 is 19.0 Å². The molecule has 2 heteroatoms. The largest absolute Gasteiger partial charge is 0.358 e. The first-order chi connectivity index (χ1) is 6.54. The Balaban J connectivity index is 2.36. The molecule has 1 N–H and O–H groups in total. The van der Waals surface area contributed by atoms with Crippen molar-refractivity contribution in [2.75, 3.05) is 0 Å². The van der Waals surface area contributed by atoms with Gasteiger partial charge >= 0.3 is 0 Å². The Bertz CT molecular complexity index is 404. The van der Waals surface area contributed by atoms with Crippen molar-refractivity contribution in [1.29, 1.82) is 0 Å². The Morgan fingerprint density at radius 3 is 2.50 bits per heavy atom. The average molecular weight is 202 g/mol. The summed E-state index contributed by atoms with van der Waals surface area (Å²) in [6.07, 6.45) is 0. The van der Waals surface area contributed by atoms with Gasteiger partial charge in [-0.1, -0.05) is 37.8 Å². The van der Waals surface area contributed by atoms with Gasteiger partial charge in [-0.05, 0) is 23.6 Å². The van der Waals surface area contributed by atoms with Crippen molar-refractivity contribution in [3.8, 4) is 0 Å². The Hall–Kier alpha value is -1.02. The Morgan fingerprint density at radius 2 is 1.86 bits per heavy atom. The molecule has 2 aromatic rings. The predicted octanol–water partition coefficient (Wildman–Crippen LogP) is 3.60. The van der Waals surface area contributed by atoms with E-state index in [-0.39, 0.29) is 0 Å². The maximum Gasteiger partial charge on any atom is 0.0545 e. The molecule has 0 spiro atoms. The first-order valence-electron chi connectivity index (χ1n) is 4.98. The number of benzene rings is 1. The van der Waals surface area contributed by atoms with Crippen LogP contribution in [0.4, 0.5) is 0 Å². The minimum absolute atomic E-state index is 1.12. The fraction of sp³-hybridized carbons (Fsp3) is 0.250. The molecule has 1 aromatic carbocycles. The van der Waals surface area contributed by atoms with Gasteiger partial charge in [0, 0.05) is 11.2 Å². The second-order valence-electron chi connectivity index (χ2n) is 4.82. The molecule has 0 fully saturated rings. The van der Waals surface area contributed by atoms with Gasteiger partial charge < -0.3 is 4.98 Å². The van der Waals surface area contributed by atoms with E-state index >= 15 is 0 Å². The molecule has 0 saturated carbocycles. The summed E-state index contributed by atoms with van der Waals surface area (Å²) in [4.78, 5) is 3.43. The molecule has 14 heavy (non-hydrogen) atoms. The number of aromatic amines is 1. The lowest BCUT2D eigenvalue weighted by atomic mass is 10.2. The fourth-order valence-electron chi connectivity index (χ4n) is 1.64. The summed E-state index contributed by atoms with van der Waals surface area (Å²) in [7, 11) is -1.12. The third-order valence-electron chi connectivity index (χ3n) is 2.14. The van der Waals surface area contributed by atoms with E-state index in [1.165, 1.54) is 16.6 Å². The zero-order chi connectivity index (χ0) is 10.2. The summed E-state index contributed by atoms with van der Waals surface area (Å²) in [5.41, 5.74) is 2.50. The molecular weight excluding hydrogens is 186 g/mol. The van der Waals surface area contributed by atoms with Gasteiger partial charge in [-0.3, -0.25) is 0 Å². The molecule has 73 valence electrons. The highest BCUT2D eigenvalue weighted by Gasteiger charge is 2.15. The van der Waals surface area contributed by atoms with Crippen LogP contribution < -0.4 is 0 Å². The van der Waals surface area contributed by atoms with Gasteiger partial charge in [0.05, 0.1) is 8.07 Å². The summed E-state index contributed by atoms with van der Waals surface area (Å²) in [5, 5.41) is 1.30. The third kappa shape index (κ3) is 2.07. The van der Waals surface area contributed by atoms with Gasteiger partial charge in [-0.2, -0.15) is 0 Å². The molecule has 1 nitrogen and oxygen atoms in total. The molecular formula is C12H16NSi. The van der Waals surface area contributed by atoms with Gasteiger partial charge in [0.15, 0.2) is 0 Å². The second kappa shape index (κ2) is 3.28. The highest BCUT2D eigenvalue weighted by atomic mass is 28.3. The number of rotatable bonds is 2. The van der Waals surface area contributed by atoms with Gasteiger partial charge in [-0.15, -0.1) is 0 Å². The first kappa shape index (κ1) is 9.53. The molecule has 0 aliphatic heterocycles. The molecule has 2 rings (SSSR count). The number of hydrogen-bond acceptors (Lipinski definition) is 0. The highest BCUT2D eigenvalue weighted by Crippen LogP contribution is 2.19. The Kier molecular flexibility index (Phi) is 2.23. The van der Waals surface area contributed by atoms with Crippen LogP contribution in [0.2, 0.25) is 19.6 Å². The molecule has 0 amide bonds. The summed E-state index contributed by atoms with van der Waals surface area (Å²) in [6.45, 7) is 7.04. The lowest BCUT2D eigenvalue weighted by Gasteiger charge is -2.13. The molecule has 0 saturated heterocycles. The minimum atomic E-state index is -1.12. The second-order valence-corrected chi connectivity index (χ2v) is 9.84. The van der Waals surface area contributed by atoms with Crippen molar-refractivity contribution in [1.82, 2.24) is 4.98 Å². The molecule has 0 unspecified atom stereocenters. The topological polar surface area (TPSA) is 15.8 Å². The van der Waals surface area contributed by atoms with Crippen molar-refractivity contribution in [3.63, 3.8) is 0 Å². The Labute approximate surface area is 86.2 Å². The van der Waals surface area contributed by atoms with Crippen LogP contribution in [0.1, 0.15) is 5.69 Å². The molecule has 0 atom stereocenters. The zero-order valence-corrected chi connectivity index (χ0v) is 9.96. The van der Waals surface area contributed by atoms with E-state index in [1.807, 2.05) is 0 Å². The van der Waals surface area contributed by atoms with Gasteiger partial charge in [0.2, 0.25) is 0 Å². The molecule has 0 aliphatic carbocycles. The van der Waals surface area contributed by atoms with Gasteiger partial charge in [-0.25, -0.2) is 0 Å². The quantitative estimate of drug-likeness (QED) is 0.716. The fourth-order valence-corrected chi connectivity index (χ4v) is 2.73. The van der Waals surface area contributed by atoms with Crippen LogP contribution in [0.5, 0.6) is 0 Å². The number of nitrogens with one attached hydrogen (secondary N) is 1. The van der Waals surface area contributed by atoms with Crippen LogP contribution in [-0.2, 0) is 0 Å². The van der Waals surface area contributed by atoms with Crippen LogP contribution >= 0.6 is 0 Å². The number of hydrogen-bond donors (Lipinski definition) is 1. The maximum atomic E-state index is 3.43. The smallest absolute Gasteiger partial charge is 0.0545 e. The summed E-state index contributed by atoms with van der Waals surface area (Å²) < 4.78 is 0. The summed E-state index contributed by atoms with van der Waals surface area (Å²) >= 11 is 0. The molecule has 0 aliphatic rings. The van der Waals surface area contributed by atoms with Crippen molar-refractivity contribution in [2.45, 2.75) is 19.6 Å². The van der Waals surface area contributed by atoms with Crippen LogP contribution in [0.25, 0.3) is 10.9 Å². The molecule has 1 heterocycles. The maximum absolute atomic E-state index is 3.43. The van der Waals surface area contributed by atoms with Gasteiger partial charge in [0.1, 0.15) is 0 Å². The van der Waals surface area contributed by atoms with E-state index in [0.29, 0.717) is 0 Å². The summed E-state index contributed by atoms with van der Waals surface area (Å²) in [6, 6.07) is 13.0. The Morgan fingerprint density at radius 1 is 1.14 bits per heavy atom. The SMILES string of the molecule is C[Si](C)(C)[CH]c1cc2ccccc2[nH]1. The molecule has 1 aromatic heterocycles. The predicted molar refractivity (Wildman–Crippen MR) is 65.0 cm³/mol. The monoisotopic (exact) mass is 202 g/mol. The number of para-hydroxylation sites is 1. The van der Waals surface area contributed by atoms with Crippen LogP contribution in [0.15, 0.2) is 30.3 Å². The van der Waals surface area contributed by atoms with Gasteiger partial charge in [0.25, 0.3) is 0 Å². The van der Waals surface area contributed by atoms with Crippen molar-refractivity contribution in [2.24, 2.45) is 0 Å². The van der Waals surface area contributed by atoms with E-state index in [1.54, 1.807) is 0 Å². The zero-order valence-electron chi connectivity index (χ0n) is 8.96. The van der Waals surface area contributed by atoms with E-state index in [9.17, 15) is 0 Å². The normalized spacial score (nSPS) is 12.2. The van der Waals surface area contributed by atoms with Crippen molar-refractivity contribution < 1.29 is 0 Å². The van der Waals surface area contributed by atoms with Crippen LogP contribution in [0, 0.1) is 6.04 Å². The summed E-state index contributed by atoms with van der Waals surface area (Å²) in [5.74, 6) is 0. The number of aromatic nitrogens is 1. The first-order valence-corrected chi connectivity index (χ1v) is 8.56. The minimum Gasteiger partial charge on any atom is -0.358 e. The standard InChI is InChI=1S/C12H16NSi/c1-14(2,3)9-11-8-10-6-4-5-7-12(10)13-11/h4-9,13H,1-3H3. The van der Waals surface area contributed by atoms with Crippen molar-refractivity contribution in [3.05, 3.63) is 42.1 Å². The number of H-pyrrole nitrogens is 1. The van der Waals surface area contributed by atoms with Crippen LogP contribution in [0.3, 0.4) is 0 Å². The van der Waals surface area contributed by atoms with E-state index in [4.69, 9.17) is 0 Å². The lowest BCUT2D eigenvalue weighted by Crippen LogP contribution is -2.21. The van der Waals surface area contributed by atoms with E-state index in [2.05, 4.69) is 61.0 Å². The van der Waals surface area contributed by atoms with E-state index < -0.39 is 8.07 Å². The average Bonchev–Trinajstić information content (AvgIpc) is 2.42. The molecule has 1 radical (unpaired) electrons. The number of fused-ring (bicyclic) bond motifs is 1. The third-order valence-corrected chi connectivity index (χ3v) is 3.32. The van der Waals surface area contributed by atoms with Crippen LogP contribution in [-0.4, -0.2) is 13.1 Å². The molecule has 0 bridgehead atoms. The highest BCUT2D eigenvalue weighted by molar-refractivity contribution is 6.80. The van der Waals surface area contributed by atoms with E-state index in [0.717, 1.165) is 0 Å². The lowest BCUT2D eigenvalue weighted by molar-refractivity contribution is 1.35.